The van der Waals surface area contributed by atoms with Crippen molar-refractivity contribution in [1.82, 2.24) is 15.2 Å². The Morgan fingerprint density at radius 3 is 2.44 bits per heavy atom. The molecule has 0 aliphatic carbocycles. The lowest BCUT2D eigenvalue weighted by Crippen LogP contribution is -2.13. The molecule has 0 aliphatic rings. The monoisotopic (exact) mass is 338 g/mol. The summed E-state index contributed by atoms with van der Waals surface area (Å²) in [5.41, 5.74) is 8.09. The molecular formula is C19H22N4O2. The molecule has 6 heteroatoms. The Balaban J connectivity index is 1.88. The Morgan fingerprint density at radius 2 is 1.72 bits per heavy atom. The molecule has 0 saturated heterocycles. The van der Waals surface area contributed by atoms with Crippen LogP contribution in [0.1, 0.15) is 31.3 Å². The minimum atomic E-state index is -0.350. The Bertz CT molecular complexity index is 817. The molecule has 130 valence electrons. The Hall–Kier alpha value is -2.86. The molecule has 0 fully saturated rings. The first-order valence-corrected chi connectivity index (χ1v) is 8.35. The number of hydrogen-bond acceptors (Lipinski definition) is 5. The third-order valence-electron chi connectivity index (χ3n) is 3.76. The number of ether oxygens (including phenoxy) is 2. The second-order valence-electron chi connectivity index (χ2n) is 5.46. The summed E-state index contributed by atoms with van der Waals surface area (Å²) in [4.78, 5) is 4.55. The SMILES string of the molecule is CCOc1ccc(-c2n[nH]c(C(N)c3ccccc3)n2)cc1OCC. The molecule has 0 bridgehead atoms. The fraction of sp³-hybridized carbons (Fsp3) is 0.263. The minimum Gasteiger partial charge on any atom is -0.490 e. The molecule has 1 atom stereocenters. The van der Waals surface area contributed by atoms with Gasteiger partial charge in [-0.2, -0.15) is 5.10 Å². The van der Waals surface area contributed by atoms with Gasteiger partial charge in [0, 0.05) is 5.56 Å². The molecule has 0 saturated carbocycles. The Kier molecular flexibility index (Phi) is 5.30. The Labute approximate surface area is 147 Å². The number of hydrogen-bond donors (Lipinski definition) is 2. The summed E-state index contributed by atoms with van der Waals surface area (Å²) in [6.07, 6.45) is 0. The number of nitrogens with two attached hydrogens (primary N) is 1. The second kappa shape index (κ2) is 7.81. The molecule has 3 N–H and O–H groups in total. The number of rotatable bonds is 7. The van der Waals surface area contributed by atoms with E-state index in [2.05, 4.69) is 15.2 Å². The average Bonchev–Trinajstić information content (AvgIpc) is 3.14. The van der Waals surface area contributed by atoms with Crippen LogP contribution in [0.4, 0.5) is 0 Å². The zero-order chi connectivity index (χ0) is 17.6. The number of nitrogens with zero attached hydrogens (tertiary/aromatic N) is 2. The van der Waals surface area contributed by atoms with Crippen LogP contribution in [0.5, 0.6) is 11.5 Å². The fourth-order valence-corrected chi connectivity index (χ4v) is 2.55. The first kappa shape index (κ1) is 17.0. The zero-order valence-corrected chi connectivity index (χ0v) is 14.4. The van der Waals surface area contributed by atoms with Crippen LogP contribution in [0.15, 0.2) is 48.5 Å². The lowest BCUT2D eigenvalue weighted by molar-refractivity contribution is 0.288. The van der Waals surface area contributed by atoms with E-state index in [0.29, 0.717) is 36.4 Å². The molecule has 3 rings (SSSR count). The van der Waals surface area contributed by atoms with Crippen molar-refractivity contribution in [2.45, 2.75) is 19.9 Å². The molecule has 1 heterocycles. The summed E-state index contributed by atoms with van der Waals surface area (Å²) in [5.74, 6) is 2.59. The van der Waals surface area contributed by atoms with Crippen LogP contribution >= 0.6 is 0 Å². The lowest BCUT2D eigenvalue weighted by Gasteiger charge is -2.11. The van der Waals surface area contributed by atoms with E-state index in [0.717, 1.165) is 11.1 Å². The van der Waals surface area contributed by atoms with E-state index in [1.807, 2.05) is 62.4 Å². The highest BCUT2D eigenvalue weighted by Crippen LogP contribution is 2.32. The lowest BCUT2D eigenvalue weighted by atomic mass is 10.1. The van der Waals surface area contributed by atoms with Gasteiger partial charge in [-0.15, -0.1) is 0 Å². The van der Waals surface area contributed by atoms with Gasteiger partial charge in [0.05, 0.1) is 19.3 Å². The van der Waals surface area contributed by atoms with Gasteiger partial charge in [0.15, 0.2) is 17.3 Å². The van der Waals surface area contributed by atoms with Gasteiger partial charge in [0.2, 0.25) is 0 Å². The van der Waals surface area contributed by atoms with Crippen LogP contribution in [0.3, 0.4) is 0 Å². The smallest absolute Gasteiger partial charge is 0.181 e. The van der Waals surface area contributed by atoms with Gasteiger partial charge >= 0.3 is 0 Å². The van der Waals surface area contributed by atoms with Gasteiger partial charge in [-0.05, 0) is 37.6 Å². The molecular weight excluding hydrogens is 316 g/mol. The van der Waals surface area contributed by atoms with Crippen LogP contribution in [-0.2, 0) is 0 Å². The van der Waals surface area contributed by atoms with E-state index in [9.17, 15) is 0 Å². The average molecular weight is 338 g/mol. The standard InChI is InChI=1S/C19H22N4O2/c1-3-24-15-11-10-14(12-16(15)25-4-2)18-21-19(23-22-18)17(20)13-8-6-5-7-9-13/h5-12,17H,3-4,20H2,1-2H3,(H,21,22,23). The van der Waals surface area contributed by atoms with Gasteiger partial charge in [0.1, 0.15) is 5.82 Å². The van der Waals surface area contributed by atoms with E-state index in [1.54, 1.807) is 0 Å². The third-order valence-corrected chi connectivity index (χ3v) is 3.76. The summed E-state index contributed by atoms with van der Waals surface area (Å²) in [5, 5.41) is 7.23. The van der Waals surface area contributed by atoms with Crippen LogP contribution in [0, 0.1) is 0 Å². The van der Waals surface area contributed by atoms with E-state index in [-0.39, 0.29) is 6.04 Å². The summed E-state index contributed by atoms with van der Waals surface area (Å²) in [7, 11) is 0. The molecule has 2 aromatic carbocycles. The van der Waals surface area contributed by atoms with E-state index in [4.69, 9.17) is 15.2 Å². The molecule has 1 aromatic heterocycles. The zero-order valence-electron chi connectivity index (χ0n) is 14.4. The molecule has 25 heavy (non-hydrogen) atoms. The third kappa shape index (κ3) is 3.80. The van der Waals surface area contributed by atoms with Crippen molar-refractivity contribution >= 4 is 0 Å². The summed E-state index contributed by atoms with van der Waals surface area (Å²) >= 11 is 0. The second-order valence-corrected chi connectivity index (χ2v) is 5.46. The van der Waals surface area contributed by atoms with Crippen LogP contribution in [0.25, 0.3) is 11.4 Å². The van der Waals surface area contributed by atoms with E-state index in [1.165, 1.54) is 0 Å². The molecule has 0 radical (unpaired) electrons. The molecule has 1 unspecified atom stereocenters. The van der Waals surface area contributed by atoms with Crippen LogP contribution < -0.4 is 15.2 Å². The van der Waals surface area contributed by atoms with Gasteiger partial charge < -0.3 is 15.2 Å². The van der Waals surface area contributed by atoms with Gasteiger partial charge in [-0.1, -0.05) is 30.3 Å². The summed E-state index contributed by atoms with van der Waals surface area (Å²) < 4.78 is 11.2. The van der Waals surface area contributed by atoms with Crippen molar-refractivity contribution in [3.05, 3.63) is 59.9 Å². The highest BCUT2D eigenvalue weighted by molar-refractivity contribution is 5.61. The minimum absolute atomic E-state index is 0.350. The molecule has 6 nitrogen and oxygen atoms in total. The maximum atomic E-state index is 6.27. The summed E-state index contributed by atoms with van der Waals surface area (Å²) in [6, 6.07) is 15.1. The van der Waals surface area contributed by atoms with Gasteiger partial charge in [-0.3, -0.25) is 5.10 Å². The quantitative estimate of drug-likeness (QED) is 0.690. The van der Waals surface area contributed by atoms with Crippen LogP contribution in [-0.4, -0.2) is 28.4 Å². The molecule has 3 aromatic rings. The van der Waals surface area contributed by atoms with Gasteiger partial charge in [-0.25, -0.2) is 4.98 Å². The predicted molar refractivity (Wildman–Crippen MR) is 96.6 cm³/mol. The summed E-state index contributed by atoms with van der Waals surface area (Å²) in [6.45, 7) is 5.01. The largest absolute Gasteiger partial charge is 0.490 e. The van der Waals surface area contributed by atoms with Crippen molar-refractivity contribution < 1.29 is 9.47 Å². The van der Waals surface area contributed by atoms with Crippen LogP contribution in [0.2, 0.25) is 0 Å². The van der Waals surface area contributed by atoms with Gasteiger partial charge in [0.25, 0.3) is 0 Å². The van der Waals surface area contributed by atoms with Crippen molar-refractivity contribution in [2.75, 3.05) is 13.2 Å². The number of aromatic nitrogens is 3. The normalized spacial score (nSPS) is 12.0. The van der Waals surface area contributed by atoms with Crippen molar-refractivity contribution in [3.8, 4) is 22.9 Å². The number of aromatic amines is 1. The maximum Gasteiger partial charge on any atom is 0.181 e. The number of benzene rings is 2. The maximum absolute atomic E-state index is 6.27. The molecule has 0 spiro atoms. The molecule has 0 amide bonds. The van der Waals surface area contributed by atoms with E-state index >= 15 is 0 Å². The predicted octanol–water partition coefficient (Wildman–Crippen LogP) is 3.32. The Morgan fingerprint density at radius 1 is 1.00 bits per heavy atom. The highest BCUT2D eigenvalue weighted by atomic mass is 16.5. The number of nitrogens with one attached hydrogen (secondary N) is 1. The fourth-order valence-electron chi connectivity index (χ4n) is 2.55. The van der Waals surface area contributed by atoms with Crippen molar-refractivity contribution in [2.24, 2.45) is 5.73 Å². The highest BCUT2D eigenvalue weighted by Gasteiger charge is 2.16. The van der Waals surface area contributed by atoms with Crippen molar-refractivity contribution in [3.63, 3.8) is 0 Å². The topological polar surface area (TPSA) is 86.0 Å². The molecule has 0 aliphatic heterocycles. The van der Waals surface area contributed by atoms with E-state index < -0.39 is 0 Å². The number of H-pyrrole nitrogens is 1. The first-order chi connectivity index (χ1) is 12.2. The van der Waals surface area contributed by atoms with Crippen molar-refractivity contribution in [1.29, 1.82) is 0 Å². The first-order valence-electron chi connectivity index (χ1n) is 8.35.